The Balaban J connectivity index is 1.94. The first-order valence-corrected chi connectivity index (χ1v) is 6.71. The lowest BCUT2D eigenvalue weighted by molar-refractivity contribution is -0.0229. The highest BCUT2D eigenvalue weighted by Gasteiger charge is 2.44. The third kappa shape index (κ3) is 2.14. The van der Waals surface area contributed by atoms with Crippen LogP contribution in [0.2, 0.25) is 0 Å². The molecule has 0 bridgehead atoms. The number of ketones is 1. The number of benzene rings is 1. The Morgan fingerprint density at radius 1 is 1.47 bits per heavy atom. The number of piperidine rings is 1. The molecule has 19 heavy (non-hydrogen) atoms. The fourth-order valence-electron chi connectivity index (χ4n) is 3.12. The zero-order chi connectivity index (χ0) is 13.6. The van der Waals surface area contributed by atoms with Gasteiger partial charge >= 0.3 is 0 Å². The van der Waals surface area contributed by atoms with E-state index in [0.29, 0.717) is 23.8 Å². The van der Waals surface area contributed by atoms with Gasteiger partial charge in [0.1, 0.15) is 17.2 Å². The Kier molecular flexibility index (Phi) is 2.86. The molecule has 2 heterocycles. The summed E-state index contributed by atoms with van der Waals surface area (Å²) in [6.07, 6.45) is 2.03. The molecule has 0 saturated carbocycles. The van der Waals surface area contributed by atoms with E-state index in [9.17, 15) is 9.18 Å². The third-order valence-electron chi connectivity index (χ3n) is 4.39. The van der Waals surface area contributed by atoms with Gasteiger partial charge in [0.05, 0.1) is 12.0 Å². The largest absolute Gasteiger partial charge is 0.486 e. The zero-order valence-electron chi connectivity index (χ0n) is 11.3. The van der Waals surface area contributed by atoms with Crippen molar-refractivity contribution < 1.29 is 13.9 Å². The molecule has 1 aromatic rings. The van der Waals surface area contributed by atoms with Crippen LogP contribution in [0.25, 0.3) is 0 Å². The van der Waals surface area contributed by atoms with Gasteiger partial charge in [-0.25, -0.2) is 4.39 Å². The second-order valence-electron chi connectivity index (χ2n) is 5.81. The van der Waals surface area contributed by atoms with Gasteiger partial charge in [0.2, 0.25) is 0 Å². The first kappa shape index (κ1) is 12.6. The summed E-state index contributed by atoms with van der Waals surface area (Å²) in [6, 6.07) is 4.54. The molecule has 3 rings (SSSR count). The predicted octanol–water partition coefficient (Wildman–Crippen LogP) is 2.64. The second kappa shape index (κ2) is 4.30. The number of nitrogens with zero attached hydrogens (tertiary/aromatic N) is 1. The molecule has 1 fully saturated rings. The Morgan fingerprint density at radius 3 is 3.00 bits per heavy atom. The monoisotopic (exact) mass is 263 g/mol. The van der Waals surface area contributed by atoms with Crippen LogP contribution in [0.1, 0.15) is 36.5 Å². The number of likely N-dealkylation sites (tertiary alicyclic amines) is 1. The van der Waals surface area contributed by atoms with E-state index < -0.39 is 5.60 Å². The maximum absolute atomic E-state index is 13.3. The van der Waals surface area contributed by atoms with Gasteiger partial charge < -0.3 is 9.64 Å². The highest BCUT2D eigenvalue weighted by molar-refractivity contribution is 6.00. The highest BCUT2D eigenvalue weighted by Crippen LogP contribution is 2.40. The van der Waals surface area contributed by atoms with Gasteiger partial charge in [-0.05, 0) is 26.1 Å². The summed E-state index contributed by atoms with van der Waals surface area (Å²) in [5.74, 6) is 0.121. The van der Waals surface area contributed by atoms with E-state index in [1.165, 1.54) is 18.2 Å². The lowest BCUT2D eigenvalue weighted by Crippen LogP contribution is -2.53. The minimum absolute atomic E-state index is 0.0676. The first-order chi connectivity index (χ1) is 8.99. The summed E-state index contributed by atoms with van der Waals surface area (Å²) in [5, 5.41) is 0. The number of ether oxygens (including phenoxy) is 1. The molecule has 102 valence electrons. The summed E-state index contributed by atoms with van der Waals surface area (Å²) < 4.78 is 19.4. The first-order valence-electron chi connectivity index (χ1n) is 6.71. The standard InChI is InChI=1S/C15H18FNO2/c1-10-8-15(5-6-17(10)2)9-13(18)12-4-3-11(16)7-14(12)19-15/h3-4,7,10H,5-6,8-9H2,1-2H3. The summed E-state index contributed by atoms with van der Waals surface area (Å²) in [4.78, 5) is 14.5. The van der Waals surface area contributed by atoms with Crippen LogP contribution < -0.4 is 4.74 Å². The molecule has 4 heteroatoms. The topological polar surface area (TPSA) is 29.5 Å². The van der Waals surface area contributed by atoms with E-state index >= 15 is 0 Å². The van der Waals surface area contributed by atoms with Crippen molar-refractivity contribution in [3.63, 3.8) is 0 Å². The number of carbonyl (C=O) groups excluding carboxylic acids is 1. The van der Waals surface area contributed by atoms with E-state index in [0.717, 1.165) is 19.4 Å². The molecule has 0 radical (unpaired) electrons. The van der Waals surface area contributed by atoms with Crippen LogP contribution in [0.4, 0.5) is 4.39 Å². The molecule has 2 aliphatic heterocycles. The number of rotatable bonds is 0. The van der Waals surface area contributed by atoms with Crippen molar-refractivity contribution in [1.82, 2.24) is 4.90 Å². The molecule has 0 amide bonds. The molecule has 2 unspecified atom stereocenters. The molecule has 1 spiro atoms. The van der Waals surface area contributed by atoms with Crippen LogP contribution in [-0.4, -0.2) is 35.9 Å². The fourth-order valence-corrected chi connectivity index (χ4v) is 3.12. The number of halogens is 1. The van der Waals surface area contributed by atoms with Crippen LogP contribution in [-0.2, 0) is 0 Å². The summed E-state index contributed by atoms with van der Waals surface area (Å²) in [5.41, 5.74) is 0.0719. The maximum Gasteiger partial charge on any atom is 0.170 e. The summed E-state index contributed by atoms with van der Waals surface area (Å²) in [6.45, 7) is 3.04. The molecule has 2 atom stereocenters. The van der Waals surface area contributed by atoms with E-state index in [1.807, 2.05) is 0 Å². The van der Waals surface area contributed by atoms with Crippen molar-refractivity contribution in [2.75, 3.05) is 13.6 Å². The van der Waals surface area contributed by atoms with Crippen LogP contribution in [0.3, 0.4) is 0 Å². The smallest absolute Gasteiger partial charge is 0.170 e. The minimum Gasteiger partial charge on any atom is -0.486 e. The lowest BCUT2D eigenvalue weighted by Gasteiger charge is -2.46. The number of carbonyl (C=O) groups is 1. The van der Waals surface area contributed by atoms with Crippen LogP contribution in [0, 0.1) is 5.82 Å². The zero-order valence-corrected chi connectivity index (χ0v) is 11.3. The summed E-state index contributed by atoms with van der Waals surface area (Å²) in [7, 11) is 2.08. The number of hydrogen-bond donors (Lipinski definition) is 0. The van der Waals surface area contributed by atoms with Crippen molar-refractivity contribution in [1.29, 1.82) is 0 Å². The average molecular weight is 263 g/mol. The number of fused-ring (bicyclic) bond motifs is 1. The molecule has 2 aliphatic rings. The quantitative estimate of drug-likeness (QED) is 0.720. The Bertz CT molecular complexity index is 531. The van der Waals surface area contributed by atoms with Gasteiger partial charge in [-0.2, -0.15) is 0 Å². The third-order valence-corrected chi connectivity index (χ3v) is 4.39. The molecule has 3 nitrogen and oxygen atoms in total. The predicted molar refractivity (Wildman–Crippen MR) is 70.0 cm³/mol. The Morgan fingerprint density at radius 2 is 2.26 bits per heavy atom. The van der Waals surface area contributed by atoms with E-state index in [4.69, 9.17) is 4.74 Å². The number of Topliss-reactive ketones (excluding diaryl/α,β-unsaturated/α-hetero) is 1. The molecule has 0 N–H and O–H groups in total. The van der Waals surface area contributed by atoms with Gasteiger partial charge in [0.25, 0.3) is 0 Å². The van der Waals surface area contributed by atoms with Crippen molar-refractivity contribution in [2.45, 2.75) is 37.8 Å². The van der Waals surface area contributed by atoms with Gasteiger partial charge in [0.15, 0.2) is 5.78 Å². The molecule has 1 saturated heterocycles. The maximum atomic E-state index is 13.3. The van der Waals surface area contributed by atoms with Gasteiger partial charge in [-0.3, -0.25) is 4.79 Å². The van der Waals surface area contributed by atoms with Gasteiger partial charge in [-0.1, -0.05) is 0 Å². The van der Waals surface area contributed by atoms with Crippen molar-refractivity contribution in [3.05, 3.63) is 29.6 Å². The SMILES string of the molecule is CC1CC2(CCN1C)CC(=O)c1ccc(F)cc1O2. The molecular weight excluding hydrogens is 245 g/mol. The normalized spacial score (nSPS) is 31.1. The highest BCUT2D eigenvalue weighted by atomic mass is 19.1. The van der Waals surface area contributed by atoms with E-state index in [1.54, 1.807) is 0 Å². The van der Waals surface area contributed by atoms with Crippen molar-refractivity contribution in [2.24, 2.45) is 0 Å². The fraction of sp³-hybridized carbons (Fsp3) is 0.533. The second-order valence-corrected chi connectivity index (χ2v) is 5.81. The van der Waals surface area contributed by atoms with Crippen molar-refractivity contribution >= 4 is 5.78 Å². The minimum atomic E-state index is -0.441. The summed E-state index contributed by atoms with van der Waals surface area (Å²) >= 11 is 0. The van der Waals surface area contributed by atoms with E-state index in [2.05, 4.69) is 18.9 Å². The Labute approximate surface area is 112 Å². The van der Waals surface area contributed by atoms with Crippen LogP contribution in [0.5, 0.6) is 5.75 Å². The van der Waals surface area contributed by atoms with Crippen LogP contribution >= 0.6 is 0 Å². The van der Waals surface area contributed by atoms with E-state index in [-0.39, 0.29) is 11.6 Å². The lowest BCUT2D eigenvalue weighted by atomic mass is 9.80. The van der Waals surface area contributed by atoms with Crippen molar-refractivity contribution in [3.8, 4) is 5.75 Å². The average Bonchev–Trinajstić information content (AvgIpc) is 2.34. The Hall–Kier alpha value is -1.42. The van der Waals surface area contributed by atoms with Gasteiger partial charge in [0, 0.05) is 31.5 Å². The molecule has 0 aliphatic carbocycles. The number of hydrogen-bond acceptors (Lipinski definition) is 3. The molecule has 1 aromatic carbocycles. The van der Waals surface area contributed by atoms with Gasteiger partial charge in [-0.15, -0.1) is 0 Å². The molecular formula is C15H18FNO2. The van der Waals surface area contributed by atoms with Crippen LogP contribution in [0.15, 0.2) is 18.2 Å². The molecule has 0 aromatic heterocycles.